The Labute approximate surface area is 104 Å². The summed E-state index contributed by atoms with van der Waals surface area (Å²) in [6.45, 7) is 1.54. The van der Waals surface area contributed by atoms with E-state index in [1.165, 1.54) is 12.1 Å². The van der Waals surface area contributed by atoms with Crippen molar-refractivity contribution in [3.05, 3.63) is 35.4 Å². The van der Waals surface area contributed by atoms with E-state index in [-0.39, 0.29) is 22.6 Å². The summed E-state index contributed by atoms with van der Waals surface area (Å²) in [7, 11) is -2.60. The van der Waals surface area contributed by atoms with Gasteiger partial charge in [-0.15, -0.1) is 5.06 Å². The van der Waals surface area contributed by atoms with E-state index in [1.807, 2.05) is 0 Å². The van der Waals surface area contributed by atoms with Crippen molar-refractivity contribution in [3.63, 3.8) is 0 Å². The van der Waals surface area contributed by atoms with Crippen molar-refractivity contribution in [2.24, 2.45) is 0 Å². The van der Waals surface area contributed by atoms with E-state index in [0.29, 0.717) is 5.06 Å². The molecule has 0 bridgehead atoms. The maximum absolute atomic E-state index is 11.8. The van der Waals surface area contributed by atoms with Gasteiger partial charge in [-0.25, -0.2) is 4.84 Å². The summed E-state index contributed by atoms with van der Waals surface area (Å²) < 4.78 is 21.6. The van der Waals surface area contributed by atoms with E-state index >= 15 is 0 Å². The number of benzene rings is 1. The third-order valence-corrected chi connectivity index (χ3v) is 3.16. The molecule has 1 aromatic rings. The average Bonchev–Trinajstić information content (AvgIpc) is 2.60. The Bertz CT molecular complexity index is 619. The summed E-state index contributed by atoms with van der Waals surface area (Å²) in [5, 5.41) is 0.115. The van der Waals surface area contributed by atoms with Crippen LogP contribution in [0.4, 0.5) is 0 Å². The van der Waals surface area contributed by atoms with Gasteiger partial charge in [0.15, 0.2) is 0 Å². The highest BCUT2D eigenvalue weighted by atomic mass is 32.2. The van der Waals surface area contributed by atoms with Crippen molar-refractivity contribution >= 4 is 27.2 Å². The zero-order valence-corrected chi connectivity index (χ0v) is 10.2. The molecule has 1 aliphatic heterocycles. The first-order valence-corrected chi connectivity index (χ1v) is 6.24. The molecule has 1 aliphatic rings. The Morgan fingerprint density at radius 3 is 2.06 bits per heavy atom. The van der Waals surface area contributed by atoms with Crippen molar-refractivity contribution in [2.75, 3.05) is 0 Å². The van der Waals surface area contributed by atoms with Gasteiger partial charge in [-0.3, -0.25) is 9.59 Å². The Hall–Kier alpha value is -1.99. The number of imide groups is 1. The van der Waals surface area contributed by atoms with Gasteiger partial charge in [-0.05, 0) is 12.1 Å². The molecule has 0 fully saturated rings. The predicted octanol–water partition coefficient (Wildman–Crippen LogP) is 0.633. The van der Waals surface area contributed by atoms with E-state index in [4.69, 9.17) is 4.84 Å². The van der Waals surface area contributed by atoms with Crippen LogP contribution in [-0.4, -0.2) is 30.3 Å². The molecule has 0 saturated carbocycles. The number of fused-ring (bicyclic) bond motifs is 1. The van der Waals surface area contributed by atoms with Gasteiger partial charge in [0.25, 0.3) is 11.8 Å². The lowest BCUT2D eigenvalue weighted by atomic mass is 10.1. The maximum Gasteiger partial charge on any atom is 0.286 e. The lowest BCUT2D eigenvalue weighted by molar-refractivity contribution is -0.0217. The Balaban J connectivity index is 2.38. The van der Waals surface area contributed by atoms with Crippen LogP contribution in [0, 0.1) is 0 Å². The molecule has 2 rings (SSSR count). The summed E-state index contributed by atoms with van der Waals surface area (Å²) in [5.41, 5.74) is 0.407. The number of carbonyl (C=O) groups excluding carboxylic acids is 2. The number of hydroxylamine groups is 2. The summed E-state index contributed by atoms with van der Waals surface area (Å²) in [5.74, 6) is -1.32. The molecule has 0 aliphatic carbocycles. The molecule has 6 nitrogen and oxygen atoms in total. The van der Waals surface area contributed by atoms with Gasteiger partial charge < -0.3 is 0 Å². The smallest absolute Gasteiger partial charge is 0.266 e. The molecule has 94 valence electrons. The Kier molecular flexibility index (Phi) is 3.26. The molecule has 0 radical (unpaired) electrons. The van der Waals surface area contributed by atoms with Crippen LogP contribution < -0.4 is 0 Å². The van der Waals surface area contributed by atoms with Gasteiger partial charge >= 0.3 is 0 Å². The second-order valence-corrected chi connectivity index (χ2v) is 4.43. The standard InChI is InChI=1S/C11H9NO5S/c1-2-9(18(15)16)17-12-10(13)7-5-3-4-6-8(7)11(12)14/h3-6H,2H2,1H3. The molecular formula is C11H9NO5S. The SMILES string of the molecule is CCC(ON1C(=O)c2ccccc2C1=O)=S(=O)=O. The highest BCUT2D eigenvalue weighted by Gasteiger charge is 2.37. The largest absolute Gasteiger partial charge is 0.286 e. The number of hydrogen-bond donors (Lipinski definition) is 0. The average molecular weight is 267 g/mol. The summed E-state index contributed by atoms with van der Waals surface area (Å²) in [4.78, 5) is 28.6. The minimum atomic E-state index is -2.60. The molecule has 0 N–H and O–H groups in total. The van der Waals surface area contributed by atoms with Crippen LogP contribution in [0.25, 0.3) is 0 Å². The van der Waals surface area contributed by atoms with Crippen LogP contribution in [-0.2, 0) is 15.1 Å². The van der Waals surface area contributed by atoms with Crippen LogP contribution in [0.3, 0.4) is 0 Å². The van der Waals surface area contributed by atoms with Gasteiger partial charge in [-0.2, -0.15) is 8.42 Å². The quantitative estimate of drug-likeness (QED) is 0.580. The highest BCUT2D eigenvalue weighted by Crippen LogP contribution is 2.22. The molecule has 7 heteroatoms. The molecule has 18 heavy (non-hydrogen) atoms. The van der Waals surface area contributed by atoms with E-state index in [0.717, 1.165) is 0 Å². The first-order valence-electron chi connectivity index (χ1n) is 5.17. The van der Waals surface area contributed by atoms with Gasteiger partial charge in [0.1, 0.15) is 0 Å². The first kappa shape index (κ1) is 12.5. The molecule has 0 saturated heterocycles. The van der Waals surface area contributed by atoms with Crippen molar-refractivity contribution in [1.82, 2.24) is 5.06 Å². The third kappa shape index (κ3) is 1.93. The summed E-state index contributed by atoms with van der Waals surface area (Å²) in [6, 6.07) is 6.20. The summed E-state index contributed by atoms with van der Waals surface area (Å²) in [6.07, 6.45) is 0.0590. The first-order chi connectivity index (χ1) is 8.56. The maximum atomic E-state index is 11.8. The molecule has 1 aromatic carbocycles. The van der Waals surface area contributed by atoms with Crippen molar-refractivity contribution < 1.29 is 22.8 Å². The van der Waals surface area contributed by atoms with Gasteiger partial charge in [0.05, 0.1) is 11.1 Å². The van der Waals surface area contributed by atoms with Crippen molar-refractivity contribution in [3.8, 4) is 0 Å². The van der Waals surface area contributed by atoms with Crippen molar-refractivity contribution in [2.45, 2.75) is 13.3 Å². The minimum Gasteiger partial charge on any atom is -0.266 e. The number of amides is 2. The fourth-order valence-electron chi connectivity index (χ4n) is 1.56. The van der Waals surface area contributed by atoms with Crippen LogP contribution in [0.15, 0.2) is 24.3 Å². The zero-order chi connectivity index (χ0) is 13.3. The second kappa shape index (κ2) is 4.71. The van der Waals surface area contributed by atoms with Gasteiger partial charge in [0, 0.05) is 6.42 Å². The monoisotopic (exact) mass is 267 g/mol. The van der Waals surface area contributed by atoms with E-state index in [9.17, 15) is 18.0 Å². The molecule has 0 spiro atoms. The van der Waals surface area contributed by atoms with Crippen molar-refractivity contribution in [1.29, 1.82) is 0 Å². The number of carbonyl (C=O) groups is 2. The second-order valence-electron chi connectivity index (χ2n) is 3.50. The summed E-state index contributed by atoms with van der Waals surface area (Å²) >= 11 is 0. The van der Waals surface area contributed by atoms with Gasteiger partial charge in [0.2, 0.25) is 15.3 Å². The molecule has 0 aromatic heterocycles. The van der Waals surface area contributed by atoms with Crippen LogP contribution in [0.1, 0.15) is 34.1 Å². The fourth-order valence-corrected chi connectivity index (χ4v) is 1.94. The molecule has 0 atom stereocenters. The van der Waals surface area contributed by atoms with E-state index in [1.54, 1.807) is 19.1 Å². The van der Waals surface area contributed by atoms with Gasteiger partial charge in [-0.1, -0.05) is 19.1 Å². The fraction of sp³-hybridized carbons (Fsp3) is 0.182. The molecule has 1 heterocycles. The topological polar surface area (TPSA) is 80.8 Å². The predicted molar refractivity (Wildman–Crippen MR) is 62.2 cm³/mol. The Morgan fingerprint density at radius 2 is 1.67 bits per heavy atom. The zero-order valence-electron chi connectivity index (χ0n) is 9.41. The van der Waals surface area contributed by atoms with Crippen LogP contribution in [0.2, 0.25) is 0 Å². The lowest BCUT2D eigenvalue weighted by Crippen LogP contribution is -2.32. The number of hydrogen-bond acceptors (Lipinski definition) is 5. The lowest BCUT2D eigenvalue weighted by Gasteiger charge is -2.11. The Morgan fingerprint density at radius 1 is 1.17 bits per heavy atom. The third-order valence-electron chi connectivity index (χ3n) is 2.42. The number of rotatable bonds is 2. The highest BCUT2D eigenvalue weighted by molar-refractivity contribution is 7.72. The normalized spacial score (nSPS) is 13.7. The van der Waals surface area contributed by atoms with E-state index < -0.39 is 22.1 Å². The van der Waals surface area contributed by atoms with Crippen LogP contribution >= 0.6 is 0 Å². The molecule has 0 unspecified atom stereocenters. The minimum absolute atomic E-state index is 0.0590. The van der Waals surface area contributed by atoms with Crippen LogP contribution in [0.5, 0.6) is 0 Å². The molecular weight excluding hydrogens is 258 g/mol. The van der Waals surface area contributed by atoms with E-state index in [2.05, 4.69) is 0 Å². The number of nitrogens with zero attached hydrogens (tertiary/aromatic N) is 1. The molecule has 2 amide bonds.